The van der Waals surface area contributed by atoms with Crippen molar-refractivity contribution < 1.29 is 9.72 Å². The second-order valence-electron chi connectivity index (χ2n) is 4.69. The second kappa shape index (κ2) is 5.22. The lowest BCUT2D eigenvalue weighted by Gasteiger charge is -2.22. The molecule has 19 heavy (non-hydrogen) atoms. The minimum Gasteiger partial charge on any atom is -0.359 e. The van der Waals surface area contributed by atoms with Crippen LogP contribution in [0.25, 0.3) is 0 Å². The number of Topliss-reactive ketones (excluding diaryl/α,β-unsaturated/α-hetero) is 1. The van der Waals surface area contributed by atoms with Crippen molar-refractivity contribution >= 4 is 17.2 Å². The highest BCUT2D eigenvalue weighted by atomic mass is 16.6. The van der Waals surface area contributed by atoms with E-state index in [1.54, 1.807) is 18.2 Å². The van der Waals surface area contributed by atoms with E-state index >= 15 is 0 Å². The molecular weight excluding hydrogens is 244 g/mol. The van der Waals surface area contributed by atoms with Crippen LogP contribution < -0.4 is 4.90 Å². The summed E-state index contributed by atoms with van der Waals surface area (Å²) in [7, 11) is 0. The molecule has 0 spiro atoms. The molecule has 1 aromatic rings. The van der Waals surface area contributed by atoms with Crippen molar-refractivity contribution in [1.29, 1.82) is 0 Å². The molecule has 1 fully saturated rings. The largest absolute Gasteiger partial charge is 0.359 e. The van der Waals surface area contributed by atoms with Gasteiger partial charge >= 0.3 is 0 Å². The molecule has 0 saturated heterocycles. The molecule has 0 bridgehead atoms. The Morgan fingerprint density at radius 1 is 1.58 bits per heavy atom. The average molecular weight is 260 g/mol. The summed E-state index contributed by atoms with van der Waals surface area (Å²) < 4.78 is 0. The van der Waals surface area contributed by atoms with Gasteiger partial charge in [-0.1, -0.05) is 6.08 Å². The summed E-state index contributed by atoms with van der Waals surface area (Å²) in [6, 6.07) is 5.01. The fraction of sp³-hybridized carbons (Fsp3) is 0.357. The Morgan fingerprint density at radius 2 is 2.26 bits per heavy atom. The van der Waals surface area contributed by atoms with Gasteiger partial charge < -0.3 is 4.90 Å². The summed E-state index contributed by atoms with van der Waals surface area (Å²) in [5.74, 6) is -0.170. The van der Waals surface area contributed by atoms with Gasteiger partial charge in [0.25, 0.3) is 5.69 Å². The fourth-order valence-corrected chi connectivity index (χ4v) is 2.10. The van der Waals surface area contributed by atoms with E-state index in [9.17, 15) is 14.9 Å². The average Bonchev–Trinajstić information content (AvgIpc) is 3.19. The lowest BCUT2D eigenvalue weighted by atomic mass is 10.1. The van der Waals surface area contributed by atoms with Gasteiger partial charge in [-0.05, 0) is 31.9 Å². The zero-order valence-electron chi connectivity index (χ0n) is 10.8. The first-order chi connectivity index (χ1) is 9.04. The molecule has 100 valence electrons. The Bertz CT molecular complexity index is 535. The Hall–Kier alpha value is -2.17. The van der Waals surface area contributed by atoms with Gasteiger partial charge in [0.1, 0.15) is 5.69 Å². The number of carbonyl (C=O) groups excluding carboxylic acids is 1. The third-order valence-corrected chi connectivity index (χ3v) is 3.20. The number of rotatable bonds is 6. The van der Waals surface area contributed by atoms with Crippen LogP contribution in [0.4, 0.5) is 11.4 Å². The number of carbonyl (C=O) groups is 1. The molecule has 2 rings (SSSR count). The van der Waals surface area contributed by atoms with E-state index in [-0.39, 0.29) is 11.5 Å². The van der Waals surface area contributed by atoms with Crippen molar-refractivity contribution in [2.24, 2.45) is 0 Å². The van der Waals surface area contributed by atoms with Gasteiger partial charge in [0.15, 0.2) is 5.78 Å². The number of anilines is 1. The Labute approximate surface area is 111 Å². The highest BCUT2D eigenvalue weighted by Crippen LogP contribution is 2.37. The molecule has 1 aromatic carbocycles. The highest BCUT2D eigenvalue weighted by Gasteiger charge is 2.32. The molecule has 1 saturated carbocycles. The Balaban J connectivity index is 2.45. The van der Waals surface area contributed by atoms with Gasteiger partial charge in [-0.3, -0.25) is 14.9 Å². The molecule has 0 amide bonds. The maximum atomic E-state index is 11.3. The molecule has 5 heteroatoms. The topological polar surface area (TPSA) is 63.5 Å². The van der Waals surface area contributed by atoms with Gasteiger partial charge in [-0.2, -0.15) is 0 Å². The molecule has 1 aliphatic rings. The summed E-state index contributed by atoms with van der Waals surface area (Å²) in [6.07, 6.45) is 3.82. The van der Waals surface area contributed by atoms with Crippen LogP contribution in [0.3, 0.4) is 0 Å². The van der Waals surface area contributed by atoms with E-state index in [0.29, 0.717) is 23.8 Å². The number of nitrogens with zero attached hydrogens (tertiary/aromatic N) is 2. The molecule has 1 aliphatic carbocycles. The zero-order valence-corrected chi connectivity index (χ0v) is 10.8. The standard InChI is InChI=1S/C14H16N2O3/c1-3-8-15(12-5-6-12)13-7-4-11(10(2)17)9-14(13)16(18)19/h3-4,7,9,12H,1,5-6,8H2,2H3. The number of hydrogen-bond donors (Lipinski definition) is 0. The highest BCUT2D eigenvalue weighted by molar-refractivity contribution is 5.95. The van der Waals surface area contributed by atoms with Crippen LogP contribution in [0.5, 0.6) is 0 Å². The first-order valence-electron chi connectivity index (χ1n) is 6.21. The van der Waals surface area contributed by atoms with Gasteiger partial charge in [-0.15, -0.1) is 6.58 Å². The van der Waals surface area contributed by atoms with E-state index in [1.807, 2.05) is 4.90 Å². The van der Waals surface area contributed by atoms with Gasteiger partial charge in [-0.25, -0.2) is 0 Å². The Kier molecular flexibility index (Phi) is 3.64. The van der Waals surface area contributed by atoms with E-state index < -0.39 is 4.92 Å². The van der Waals surface area contributed by atoms with Crippen molar-refractivity contribution in [1.82, 2.24) is 0 Å². The Morgan fingerprint density at radius 3 is 2.74 bits per heavy atom. The van der Waals surface area contributed by atoms with Crippen molar-refractivity contribution in [3.05, 3.63) is 46.5 Å². The third kappa shape index (κ3) is 2.81. The van der Waals surface area contributed by atoms with E-state index in [1.165, 1.54) is 13.0 Å². The van der Waals surface area contributed by atoms with Crippen LogP contribution >= 0.6 is 0 Å². The predicted molar refractivity (Wildman–Crippen MR) is 73.7 cm³/mol. The molecule has 0 radical (unpaired) electrons. The second-order valence-corrected chi connectivity index (χ2v) is 4.69. The molecule has 0 aliphatic heterocycles. The maximum absolute atomic E-state index is 11.3. The van der Waals surface area contributed by atoms with Crippen LogP contribution in [0.1, 0.15) is 30.1 Å². The minimum atomic E-state index is -0.430. The smallest absolute Gasteiger partial charge is 0.293 e. The first-order valence-corrected chi connectivity index (χ1v) is 6.21. The van der Waals surface area contributed by atoms with Crippen LogP contribution in [0.15, 0.2) is 30.9 Å². The molecule has 0 N–H and O–H groups in total. The molecular formula is C14H16N2O3. The van der Waals surface area contributed by atoms with Crippen LogP contribution in [-0.4, -0.2) is 23.3 Å². The normalized spacial score (nSPS) is 13.9. The fourth-order valence-electron chi connectivity index (χ4n) is 2.10. The number of benzene rings is 1. The molecule has 0 aromatic heterocycles. The van der Waals surface area contributed by atoms with Crippen molar-refractivity contribution in [2.45, 2.75) is 25.8 Å². The van der Waals surface area contributed by atoms with Crippen LogP contribution in [0, 0.1) is 10.1 Å². The monoisotopic (exact) mass is 260 g/mol. The molecule has 0 unspecified atom stereocenters. The van der Waals surface area contributed by atoms with Crippen LogP contribution in [-0.2, 0) is 0 Å². The van der Waals surface area contributed by atoms with E-state index in [0.717, 1.165) is 12.8 Å². The van der Waals surface area contributed by atoms with E-state index in [2.05, 4.69) is 6.58 Å². The van der Waals surface area contributed by atoms with Crippen molar-refractivity contribution in [2.75, 3.05) is 11.4 Å². The molecule has 0 atom stereocenters. The summed E-state index contributed by atoms with van der Waals surface area (Å²) in [5, 5.41) is 11.2. The maximum Gasteiger partial charge on any atom is 0.293 e. The third-order valence-electron chi connectivity index (χ3n) is 3.20. The number of ketones is 1. The SMILES string of the molecule is C=CCN(c1ccc(C(C)=O)cc1[N+](=O)[O-])C1CC1. The lowest BCUT2D eigenvalue weighted by Crippen LogP contribution is -2.26. The summed E-state index contributed by atoms with van der Waals surface area (Å²) in [4.78, 5) is 24.1. The first kappa shape index (κ1) is 13.3. The van der Waals surface area contributed by atoms with Gasteiger partial charge in [0.2, 0.25) is 0 Å². The van der Waals surface area contributed by atoms with Crippen molar-refractivity contribution in [3.63, 3.8) is 0 Å². The number of nitro groups is 1. The number of nitro benzene ring substituents is 1. The summed E-state index contributed by atoms with van der Waals surface area (Å²) in [6.45, 7) is 5.67. The van der Waals surface area contributed by atoms with Gasteiger partial charge in [0, 0.05) is 24.2 Å². The quantitative estimate of drug-likeness (QED) is 0.341. The summed E-state index contributed by atoms with van der Waals surface area (Å²) in [5.41, 5.74) is 0.920. The van der Waals surface area contributed by atoms with Gasteiger partial charge in [0.05, 0.1) is 4.92 Å². The summed E-state index contributed by atoms with van der Waals surface area (Å²) >= 11 is 0. The molecule has 0 heterocycles. The zero-order chi connectivity index (χ0) is 14.0. The van der Waals surface area contributed by atoms with Crippen LogP contribution in [0.2, 0.25) is 0 Å². The van der Waals surface area contributed by atoms with Crippen molar-refractivity contribution in [3.8, 4) is 0 Å². The number of hydrogen-bond acceptors (Lipinski definition) is 4. The lowest BCUT2D eigenvalue weighted by molar-refractivity contribution is -0.384. The molecule has 5 nitrogen and oxygen atoms in total. The minimum absolute atomic E-state index is 0.0125. The predicted octanol–water partition coefficient (Wildman–Crippen LogP) is 2.95. The van der Waals surface area contributed by atoms with E-state index in [4.69, 9.17) is 0 Å².